The van der Waals surface area contributed by atoms with Crippen molar-refractivity contribution in [2.24, 2.45) is 46.3 Å². The Bertz CT molecular complexity index is 3280. The minimum Gasteiger partial charge on any atom is -0.454 e. The highest BCUT2D eigenvalue weighted by atomic mass is 16.8. The predicted octanol–water partition coefficient (Wildman–Crippen LogP) is 17.0. The van der Waals surface area contributed by atoms with Crippen LogP contribution in [-0.2, 0) is 96.5 Å². The second-order valence-electron chi connectivity index (χ2n) is 29.1. The van der Waals surface area contributed by atoms with Gasteiger partial charge in [0.25, 0.3) is 0 Å². The molecule has 95 heavy (non-hydrogen) atoms. The van der Waals surface area contributed by atoms with Crippen LogP contribution in [0.4, 0.5) is 0 Å². The number of carbonyl (C=O) groups is 1. The molecule has 0 bridgehead atoms. The van der Waals surface area contributed by atoms with Crippen LogP contribution < -0.4 is 0 Å². The van der Waals surface area contributed by atoms with E-state index in [1.54, 1.807) is 0 Å². The highest BCUT2D eigenvalue weighted by Crippen LogP contribution is 2.67. The Morgan fingerprint density at radius 1 is 0.484 bits per heavy atom. The van der Waals surface area contributed by atoms with Crippen molar-refractivity contribution in [1.82, 2.24) is 0 Å². The van der Waals surface area contributed by atoms with Crippen molar-refractivity contribution in [1.29, 1.82) is 0 Å². The van der Waals surface area contributed by atoms with E-state index >= 15 is 0 Å². The van der Waals surface area contributed by atoms with Gasteiger partial charge in [0.1, 0.15) is 42.7 Å². The first kappa shape index (κ1) is 69.0. The van der Waals surface area contributed by atoms with Crippen molar-refractivity contribution in [3.63, 3.8) is 0 Å². The van der Waals surface area contributed by atoms with Gasteiger partial charge in [-0.05, 0) is 131 Å². The molecule has 0 spiro atoms. The fraction of sp³-hybridized carbons (Fsp3) is 0.530. The maximum absolute atomic E-state index is 13.9. The first-order valence-corrected chi connectivity index (χ1v) is 35.7. The summed E-state index contributed by atoms with van der Waals surface area (Å²) in [6.45, 7) is 15.8. The third kappa shape index (κ3) is 17.3. The number of fused-ring (bicyclic) bond motifs is 5. The van der Waals surface area contributed by atoms with Crippen LogP contribution in [0.1, 0.15) is 146 Å². The maximum atomic E-state index is 13.9. The number of esters is 1. The Labute approximate surface area is 566 Å². The average molecular weight is 1290 g/mol. The van der Waals surface area contributed by atoms with E-state index in [9.17, 15) is 4.79 Å². The molecule has 0 N–H and O–H groups in total. The highest BCUT2D eigenvalue weighted by Gasteiger charge is 2.61. The lowest BCUT2D eigenvalue weighted by Gasteiger charge is -2.58. The summed E-state index contributed by atoms with van der Waals surface area (Å²) in [5.74, 6) is 3.86. The summed E-state index contributed by atoms with van der Waals surface area (Å²) < 4.78 is 78.6. The van der Waals surface area contributed by atoms with E-state index in [1.807, 2.05) is 146 Å². The zero-order valence-electron chi connectivity index (χ0n) is 57.0. The molecule has 4 aliphatic carbocycles. The first-order valence-electron chi connectivity index (χ1n) is 35.7. The van der Waals surface area contributed by atoms with Crippen LogP contribution in [0.2, 0.25) is 0 Å². The number of ether oxygens (including phenoxy) is 11. The summed E-state index contributed by atoms with van der Waals surface area (Å²) in [4.78, 5) is 13.9. The molecule has 0 radical (unpaired) electrons. The van der Waals surface area contributed by atoms with Crippen LogP contribution in [0.3, 0.4) is 0 Å². The van der Waals surface area contributed by atoms with Gasteiger partial charge < -0.3 is 52.1 Å². The van der Waals surface area contributed by atoms with Gasteiger partial charge in [0.2, 0.25) is 0 Å². The molecule has 6 aliphatic rings. The number of hydrogen-bond acceptors (Lipinski definition) is 12. The molecule has 3 saturated carbocycles. The smallest absolute Gasteiger partial charge is 0.303 e. The van der Waals surface area contributed by atoms with E-state index < -0.39 is 67.4 Å². The number of hydrogen-bond donors (Lipinski definition) is 0. The Hall–Kier alpha value is -5.87. The van der Waals surface area contributed by atoms with Gasteiger partial charge in [-0.3, -0.25) is 4.79 Å². The van der Waals surface area contributed by atoms with Gasteiger partial charge in [-0.25, -0.2) is 0 Å². The second-order valence-corrected chi connectivity index (χ2v) is 29.1. The third-order valence-corrected chi connectivity index (χ3v) is 22.3. The zero-order chi connectivity index (χ0) is 65.6. The fourth-order valence-electron chi connectivity index (χ4n) is 17.4. The van der Waals surface area contributed by atoms with Crippen LogP contribution in [0.15, 0.2) is 194 Å². The molecule has 12 nitrogen and oxygen atoms in total. The molecule has 2 heterocycles. The molecule has 0 aromatic heterocycles. The lowest BCUT2D eigenvalue weighted by molar-refractivity contribution is -0.384. The number of carbonyl (C=O) groups excluding carboxylic acids is 1. The summed E-state index contributed by atoms with van der Waals surface area (Å²) in [7, 11) is 0. The lowest BCUT2D eigenvalue weighted by Crippen LogP contribution is -2.67. The molecule has 2 saturated heterocycles. The van der Waals surface area contributed by atoms with E-state index in [0.717, 1.165) is 82.7 Å². The van der Waals surface area contributed by atoms with Crippen molar-refractivity contribution in [2.45, 2.75) is 219 Å². The summed E-state index contributed by atoms with van der Waals surface area (Å²) in [6, 6.07) is 60.5. The molecule has 18 atom stereocenters. The standard InChI is InChI=1S/C83H104O12/c1-57(2)26-25-27-58(3)69-42-43-70-68-41-40-66-48-67(44-46-82(66,5)71(68)45-47-83(69,70)6)92-80-79(77(90-54-65-38-23-12-24-39-65)75(88-52-63-34-19-10-20-35-63)72(93-80)55-85-49-60-28-13-7-14-29-60)95-81-78(91-59(4)84)76(89-53-64-36-21-11-22-37-64)74(87-51-62-32-17-9-18-33-62)73(94-81)56-86-50-61-30-15-8-16-31-61/h7-24,28-40,57-58,67-81H,25-27,41-56H2,1-6H3/t58-,67+,68+,69-,70+,71+,72-,73-,74-,75-,76+,77+,78+,79+,80+,81-,82+,83-/m1/s1. The van der Waals surface area contributed by atoms with Crippen molar-refractivity contribution in [3.05, 3.63) is 227 Å². The quantitative estimate of drug-likeness (QED) is 0.0315. The topological polar surface area (TPSA) is 119 Å². The van der Waals surface area contributed by atoms with Crippen LogP contribution in [0.5, 0.6) is 0 Å². The molecule has 0 unspecified atom stereocenters. The first-order chi connectivity index (χ1) is 46.4. The van der Waals surface area contributed by atoms with Gasteiger partial charge >= 0.3 is 5.97 Å². The van der Waals surface area contributed by atoms with Gasteiger partial charge in [-0.15, -0.1) is 0 Å². The summed E-state index contributed by atoms with van der Waals surface area (Å²) in [5, 5.41) is 0. The molecule has 6 aromatic rings. The van der Waals surface area contributed by atoms with Crippen LogP contribution >= 0.6 is 0 Å². The Morgan fingerprint density at radius 2 is 0.926 bits per heavy atom. The Kier molecular flexibility index (Phi) is 24.1. The zero-order valence-corrected chi connectivity index (χ0v) is 57.0. The molecule has 12 heteroatoms. The van der Waals surface area contributed by atoms with Crippen molar-refractivity contribution in [3.8, 4) is 0 Å². The number of rotatable bonds is 30. The van der Waals surface area contributed by atoms with Gasteiger partial charge in [-0.2, -0.15) is 0 Å². The van der Waals surface area contributed by atoms with E-state index in [1.165, 1.54) is 57.4 Å². The molecular weight excluding hydrogens is 1190 g/mol. The van der Waals surface area contributed by atoms with Crippen molar-refractivity contribution in [2.75, 3.05) is 13.2 Å². The third-order valence-electron chi connectivity index (χ3n) is 22.3. The van der Waals surface area contributed by atoms with Gasteiger partial charge in [0, 0.05) is 6.92 Å². The summed E-state index contributed by atoms with van der Waals surface area (Å²) in [5.41, 5.74) is 7.84. The minimum absolute atomic E-state index is 0.0680. The second kappa shape index (κ2) is 33.1. The van der Waals surface area contributed by atoms with E-state index in [2.05, 4.69) is 77.1 Å². The average Bonchev–Trinajstić information content (AvgIpc) is 1.69. The lowest BCUT2D eigenvalue weighted by atomic mass is 9.47. The maximum Gasteiger partial charge on any atom is 0.303 e. The number of benzene rings is 6. The van der Waals surface area contributed by atoms with E-state index in [4.69, 9.17) is 52.1 Å². The molecule has 6 aromatic carbocycles. The SMILES string of the molecule is CC(=O)O[C@@H]1[C@@H](O[C@@H]2[C@@H](O[C@H]3CC[C@@]4(C)C(=CC[C@H]5[C@@H]6CC[C@H]([C@H](C)CCCC(C)C)[C@@]6(C)CC[C@@H]54)C3)O[C@H](COCc3ccccc3)[C@@H](OCc3ccccc3)[C@@H]2OCc2ccccc2)O[C@H](COCc2ccccc2)[C@@H](OCc2ccccc2)[C@@H]1OCc1ccccc1. The molecule has 5 fully saturated rings. The molecule has 12 rings (SSSR count). The highest BCUT2D eigenvalue weighted by molar-refractivity contribution is 5.66. The van der Waals surface area contributed by atoms with E-state index in [-0.39, 0.29) is 51.2 Å². The molecule has 508 valence electrons. The Morgan fingerprint density at radius 3 is 1.39 bits per heavy atom. The van der Waals surface area contributed by atoms with E-state index in [0.29, 0.717) is 30.5 Å². The molecule has 0 amide bonds. The van der Waals surface area contributed by atoms with Gasteiger partial charge in [-0.1, -0.05) is 248 Å². The molecule has 2 aliphatic heterocycles. The van der Waals surface area contributed by atoms with Gasteiger partial charge in [0.05, 0.1) is 59.0 Å². The van der Waals surface area contributed by atoms with Crippen LogP contribution in [-0.4, -0.2) is 86.7 Å². The molecular formula is C83H104O12. The Balaban J connectivity index is 0.902. The number of allylic oxidation sites excluding steroid dienone is 1. The van der Waals surface area contributed by atoms with Gasteiger partial charge in [0.15, 0.2) is 18.7 Å². The normalized spacial score (nSPS) is 31.6. The monoisotopic (exact) mass is 1290 g/mol. The predicted molar refractivity (Wildman–Crippen MR) is 368 cm³/mol. The van der Waals surface area contributed by atoms with Crippen LogP contribution in [0.25, 0.3) is 0 Å². The van der Waals surface area contributed by atoms with Crippen LogP contribution in [0, 0.1) is 46.3 Å². The summed E-state index contributed by atoms with van der Waals surface area (Å²) in [6.07, 6.45) is 6.00. The minimum atomic E-state index is -1.30. The van der Waals surface area contributed by atoms with Crippen molar-refractivity contribution < 1.29 is 56.9 Å². The van der Waals surface area contributed by atoms with Crippen molar-refractivity contribution >= 4 is 5.97 Å². The summed E-state index contributed by atoms with van der Waals surface area (Å²) >= 11 is 0. The largest absolute Gasteiger partial charge is 0.454 e. The fourth-order valence-corrected chi connectivity index (χ4v) is 17.4.